The van der Waals surface area contributed by atoms with Crippen LogP contribution in [0.3, 0.4) is 0 Å². The summed E-state index contributed by atoms with van der Waals surface area (Å²) < 4.78 is 14.9. The minimum atomic E-state index is -1.17. The molecule has 1 aliphatic rings. The van der Waals surface area contributed by atoms with Crippen molar-refractivity contribution in [2.45, 2.75) is 12.8 Å². The minimum absolute atomic E-state index is 0.247. The molecule has 0 saturated heterocycles. The van der Waals surface area contributed by atoms with Crippen LogP contribution in [-0.2, 0) is 6.42 Å². The van der Waals surface area contributed by atoms with Gasteiger partial charge in [-0.15, -0.1) is 0 Å². The third kappa shape index (κ3) is 2.10. The summed E-state index contributed by atoms with van der Waals surface area (Å²) >= 11 is 5.56. The van der Waals surface area contributed by atoms with Gasteiger partial charge in [0.15, 0.2) is 11.5 Å². The Labute approximate surface area is 133 Å². The number of phenolic OH excluding ortho intramolecular Hbond substituents is 1. The van der Waals surface area contributed by atoms with Gasteiger partial charge in [0.1, 0.15) is 0 Å². The van der Waals surface area contributed by atoms with Gasteiger partial charge in [0.25, 0.3) is 0 Å². The number of hydrogen-bond donors (Lipinski definition) is 3. The zero-order valence-electron chi connectivity index (χ0n) is 11.5. The first-order valence-corrected chi connectivity index (χ1v) is 6.90. The normalized spacial score (nSPS) is 13.1. The molecule has 120 valence electrons. The first kappa shape index (κ1) is 15.2. The molecule has 3 N–H and O–H groups in total. The molecule has 0 unspecified atom stereocenters. The number of aromatic nitrogens is 1. The SMILES string of the molecule is O=[N+]([O-])c1c(O)c(Cl)cc(F)c1-n1c(O)c2c(c1O)CCC=C2. The van der Waals surface area contributed by atoms with E-state index in [1.807, 2.05) is 0 Å². The second kappa shape index (κ2) is 5.17. The second-order valence-corrected chi connectivity index (χ2v) is 5.37. The Kier molecular flexibility index (Phi) is 3.41. The molecule has 23 heavy (non-hydrogen) atoms. The maximum absolute atomic E-state index is 14.3. The molecular weight excluding hydrogens is 331 g/mol. The van der Waals surface area contributed by atoms with Gasteiger partial charge in [0.05, 0.1) is 9.95 Å². The Hall–Kier alpha value is -2.74. The number of aromatic hydroxyl groups is 3. The van der Waals surface area contributed by atoms with Gasteiger partial charge in [-0.3, -0.25) is 10.1 Å². The van der Waals surface area contributed by atoms with E-state index in [0.717, 1.165) is 0 Å². The lowest BCUT2D eigenvalue weighted by atomic mass is 10.0. The molecule has 1 aromatic heterocycles. The summed E-state index contributed by atoms with van der Waals surface area (Å²) in [7, 11) is 0. The number of fused-ring (bicyclic) bond motifs is 1. The second-order valence-electron chi connectivity index (χ2n) is 4.96. The van der Waals surface area contributed by atoms with Crippen LogP contribution in [0.25, 0.3) is 11.8 Å². The van der Waals surface area contributed by atoms with Crippen LogP contribution >= 0.6 is 11.6 Å². The Bertz CT molecular complexity index is 875. The molecule has 0 saturated carbocycles. The van der Waals surface area contributed by atoms with E-state index in [-0.39, 0.29) is 5.56 Å². The van der Waals surface area contributed by atoms with E-state index in [1.165, 1.54) is 6.08 Å². The zero-order chi connectivity index (χ0) is 16.9. The summed E-state index contributed by atoms with van der Waals surface area (Å²) in [5, 5.41) is 41.0. The fraction of sp³-hybridized carbons (Fsp3) is 0.143. The van der Waals surface area contributed by atoms with Gasteiger partial charge in [-0.1, -0.05) is 23.8 Å². The van der Waals surface area contributed by atoms with Crippen molar-refractivity contribution in [2.75, 3.05) is 0 Å². The Morgan fingerprint density at radius 1 is 1.30 bits per heavy atom. The van der Waals surface area contributed by atoms with E-state index in [0.29, 0.717) is 29.0 Å². The number of benzene rings is 1. The number of rotatable bonds is 2. The average molecular weight is 341 g/mol. The molecule has 0 aliphatic heterocycles. The number of phenols is 1. The van der Waals surface area contributed by atoms with Crippen LogP contribution in [0.5, 0.6) is 17.5 Å². The van der Waals surface area contributed by atoms with Crippen molar-refractivity contribution in [1.82, 2.24) is 4.57 Å². The third-order valence-corrected chi connectivity index (χ3v) is 3.95. The molecule has 0 bridgehead atoms. The van der Waals surface area contributed by atoms with Crippen LogP contribution in [0.2, 0.25) is 5.02 Å². The van der Waals surface area contributed by atoms with Crippen LogP contribution in [0.4, 0.5) is 10.1 Å². The summed E-state index contributed by atoms with van der Waals surface area (Å²) in [4.78, 5) is 10.2. The van der Waals surface area contributed by atoms with Gasteiger partial charge in [0, 0.05) is 11.1 Å². The molecule has 0 atom stereocenters. The van der Waals surface area contributed by atoms with E-state index in [9.17, 15) is 29.8 Å². The molecule has 3 rings (SSSR count). The standard InChI is InChI=1S/C14H10ClFN2O5/c15-8-5-9(16)10(11(12(8)19)18(22)23)17-13(20)6-3-1-2-4-7(6)14(17)21/h1,3,5,19-21H,2,4H2. The fourth-order valence-corrected chi connectivity index (χ4v) is 2.83. The van der Waals surface area contributed by atoms with E-state index in [1.54, 1.807) is 6.08 Å². The Morgan fingerprint density at radius 3 is 2.61 bits per heavy atom. The van der Waals surface area contributed by atoms with Crippen LogP contribution in [0, 0.1) is 15.9 Å². The Balaban J connectivity index is 2.42. The largest absolute Gasteiger partial charge is 0.501 e. The number of nitrogens with zero attached hydrogens (tertiary/aromatic N) is 2. The highest BCUT2D eigenvalue weighted by Crippen LogP contribution is 2.47. The lowest BCUT2D eigenvalue weighted by Gasteiger charge is -2.11. The third-order valence-electron chi connectivity index (χ3n) is 3.67. The molecule has 2 aromatic rings. The number of nitro benzene ring substituents is 1. The number of halogens is 2. The maximum Gasteiger partial charge on any atom is 0.339 e. The van der Waals surface area contributed by atoms with Gasteiger partial charge in [-0.25, -0.2) is 8.96 Å². The predicted molar refractivity (Wildman–Crippen MR) is 79.7 cm³/mol. The first-order chi connectivity index (χ1) is 10.8. The van der Waals surface area contributed by atoms with Crippen molar-refractivity contribution in [2.24, 2.45) is 0 Å². The quantitative estimate of drug-likeness (QED) is 0.574. The molecule has 0 amide bonds. The molecule has 0 spiro atoms. The van der Waals surface area contributed by atoms with Gasteiger partial charge >= 0.3 is 5.69 Å². The first-order valence-electron chi connectivity index (χ1n) is 6.52. The molecule has 0 radical (unpaired) electrons. The average Bonchev–Trinajstić information content (AvgIpc) is 2.75. The van der Waals surface area contributed by atoms with Crippen molar-refractivity contribution < 1.29 is 24.6 Å². The summed E-state index contributed by atoms with van der Waals surface area (Å²) in [5.74, 6) is -3.20. The highest BCUT2D eigenvalue weighted by atomic mass is 35.5. The van der Waals surface area contributed by atoms with Gasteiger partial charge in [-0.2, -0.15) is 0 Å². The molecule has 1 heterocycles. The van der Waals surface area contributed by atoms with E-state index >= 15 is 0 Å². The van der Waals surface area contributed by atoms with E-state index in [2.05, 4.69) is 0 Å². The van der Waals surface area contributed by atoms with Crippen molar-refractivity contribution >= 4 is 23.4 Å². The lowest BCUT2D eigenvalue weighted by molar-refractivity contribution is -0.385. The summed E-state index contributed by atoms with van der Waals surface area (Å²) in [6, 6.07) is 0.674. The number of nitro groups is 1. The highest BCUT2D eigenvalue weighted by Gasteiger charge is 2.33. The topological polar surface area (TPSA) is 109 Å². The summed E-state index contributed by atoms with van der Waals surface area (Å²) in [6.45, 7) is 0. The van der Waals surface area contributed by atoms with Crippen LogP contribution in [-0.4, -0.2) is 24.8 Å². The van der Waals surface area contributed by atoms with Crippen molar-refractivity contribution in [3.63, 3.8) is 0 Å². The van der Waals surface area contributed by atoms with E-state index in [4.69, 9.17) is 11.6 Å². The molecule has 9 heteroatoms. The van der Waals surface area contributed by atoms with Gasteiger partial charge < -0.3 is 15.3 Å². The highest BCUT2D eigenvalue weighted by molar-refractivity contribution is 6.32. The van der Waals surface area contributed by atoms with Crippen LogP contribution in [0.1, 0.15) is 17.5 Å². The summed E-state index contributed by atoms with van der Waals surface area (Å²) in [6.07, 6.45) is 4.26. The maximum atomic E-state index is 14.3. The van der Waals surface area contributed by atoms with Gasteiger partial charge in [0.2, 0.25) is 17.5 Å². The van der Waals surface area contributed by atoms with Crippen LogP contribution in [0.15, 0.2) is 12.1 Å². The lowest BCUT2D eigenvalue weighted by Crippen LogP contribution is -2.04. The van der Waals surface area contributed by atoms with Gasteiger partial charge in [-0.05, 0) is 18.9 Å². The van der Waals surface area contributed by atoms with E-state index < -0.39 is 44.6 Å². The van der Waals surface area contributed by atoms with Crippen molar-refractivity contribution in [1.29, 1.82) is 0 Å². The zero-order valence-corrected chi connectivity index (χ0v) is 12.2. The number of allylic oxidation sites excluding steroid dienone is 1. The van der Waals surface area contributed by atoms with Crippen LogP contribution < -0.4 is 0 Å². The van der Waals surface area contributed by atoms with Crippen molar-refractivity contribution in [3.05, 3.63) is 44.2 Å². The number of hydrogen-bond acceptors (Lipinski definition) is 5. The monoisotopic (exact) mass is 340 g/mol. The molecule has 1 aromatic carbocycles. The van der Waals surface area contributed by atoms with Crippen molar-refractivity contribution in [3.8, 4) is 23.2 Å². The molecular formula is C14H10ClFN2O5. The summed E-state index contributed by atoms with van der Waals surface area (Å²) in [5.41, 5.74) is -1.24. The fourth-order valence-electron chi connectivity index (χ4n) is 2.65. The smallest absolute Gasteiger partial charge is 0.339 e. The molecule has 7 nitrogen and oxygen atoms in total. The Morgan fingerprint density at radius 2 is 2.00 bits per heavy atom. The predicted octanol–water partition coefficient (Wildman–Crippen LogP) is 3.25. The molecule has 0 fully saturated rings. The molecule has 1 aliphatic carbocycles. The minimum Gasteiger partial charge on any atom is -0.501 e.